The van der Waals surface area contributed by atoms with Crippen molar-refractivity contribution in [2.75, 3.05) is 64.1 Å². The van der Waals surface area contributed by atoms with Gasteiger partial charge in [0, 0.05) is 73.5 Å². The predicted molar refractivity (Wildman–Crippen MR) is 379 cm³/mol. The average Bonchev–Trinajstić information content (AvgIpc) is 1.69. The number of hydrogen-bond donors (Lipinski definition) is 10. The molecule has 1 aromatic carbocycles. The van der Waals surface area contributed by atoms with Crippen LogP contribution in [0.3, 0.4) is 0 Å². The molecule has 3 fully saturated rings. The molecule has 14 unspecified atom stereocenters. The summed E-state index contributed by atoms with van der Waals surface area (Å²) < 4.78 is 123. The van der Waals surface area contributed by atoms with Crippen molar-refractivity contribution in [1.29, 1.82) is 0 Å². The highest BCUT2D eigenvalue weighted by Gasteiger charge is 2.51. The standard InChI is InChI=1S/C62H96N14O34P6/c1-59(2,39(77)15-23-65-41(79)17-25-67-55(85)49(83)60(3,4)29-103-115(97,98)109-113(93,94)101-27-37-47(107-111(87,88)89)45(81)57(105-37)75-33-73-43-51(63)69-31-71-53(43)75)19-9-13-35-11-7-8-12-36(35)14-10-20-62(21-22-62)40(78)16-24-66-42(80)18-26-68-56(86)50(84)61(5,6)30-104-116(99,100)110-114(95,96)102-28-38-48(108-112(90,91)92)46(82)58(106-38)76-34-74-44-52(64)70-32-72-54(44)76/h7-8,11-12,31-34,37-38,45-50,57-58,81-84H,9-10,13-30H2,1-6H3,(H,65,79)(H,66,80)(H,67,85)(H,68,86)(H,93,94)(H,95,96)(H,97,98)(H,99,100)(H2,63,69,71)(H2,64,70,72)(H2,87,88,89)(H2,90,91,92)/p-8. The molecular formula is C62H88N14O34P6-8. The summed E-state index contributed by atoms with van der Waals surface area (Å²) in [6, 6.07) is 7.80. The van der Waals surface area contributed by atoms with Crippen molar-refractivity contribution in [1.82, 2.24) is 60.3 Å². The summed E-state index contributed by atoms with van der Waals surface area (Å²) in [5, 5.41) is 53.3. The summed E-state index contributed by atoms with van der Waals surface area (Å²) in [4.78, 5) is 199. The second kappa shape index (κ2) is 39.0. The number of imidazole rings is 2. The number of aliphatic hydroxyl groups is 4. The number of benzene rings is 1. The van der Waals surface area contributed by atoms with Gasteiger partial charge in [0.25, 0.3) is 31.3 Å². The Morgan fingerprint density at radius 3 is 1.35 bits per heavy atom. The Labute approximate surface area is 661 Å². The van der Waals surface area contributed by atoms with Gasteiger partial charge in [-0.1, -0.05) is 65.8 Å². The number of rotatable bonds is 48. The molecule has 116 heavy (non-hydrogen) atoms. The number of carbonyl (C=O) groups is 6. The van der Waals surface area contributed by atoms with Gasteiger partial charge in [-0.05, 0) is 62.5 Å². The Morgan fingerprint density at radius 1 is 0.560 bits per heavy atom. The van der Waals surface area contributed by atoms with Crippen LogP contribution in [0.25, 0.3) is 22.3 Å². The third kappa shape index (κ3) is 26.8. The van der Waals surface area contributed by atoms with E-state index in [1.807, 2.05) is 24.3 Å². The van der Waals surface area contributed by atoms with Gasteiger partial charge < -0.3 is 138 Å². The minimum atomic E-state index is -6.00. The number of phosphoric acid groups is 6. The number of aliphatic hydroxyl groups excluding tert-OH is 4. The highest BCUT2D eigenvalue weighted by molar-refractivity contribution is 7.60. The number of phosphoric ester groups is 6. The van der Waals surface area contributed by atoms with Gasteiger partial charge in [-0.2, -0.15) is 0 Å². The van der Waals surface area contributed by atoms with E-state index in [1.165, 1.54) is 13.8 Å². The SMILES string of the molecule is CC(C)(CCCc1ccccc1CCCC1(C(=O)CCNC(=O)CCNC(=O)C(O)C(C)(C)COP(=O)([O-])OP(=O)([O-])OCC2OC(n3cnc4c(N)ncnc43)C(O)C2OP(=O)([O-])[O-])CC1)C(=O)CCNC(=O)CCNC(=O)C(O)C(C)(C)COP(=O)([O-])OP(=O)([O-])OCC1OC(n2cnc3c(N)ncnc32)C(O)C1OP(=O)([O-])[O-]. The normalized spacial score (nSPS) is 22.5. The summed E-state index contributed by atoms with van der Waals surface area (Å²) in [5.41, 5.74) is 8.72. The zero-order chi connectivity index (χ0) is 86.0. The lowest BCUT2D eigenvalue weighted by molar-refractivity contribution is -0.348. The Hall–Kier alpha value is -6.36. The molecule has 48 nitrogen and oxygen atoms in total. The maximum absolute atomic E-state index is 13.5. The van der Waals surface area contributed by atoms with E-state index in [9.17, 15) is 116 Å². The number of ether oxygens (including phenoxy) is 2. The molecule has 4 amide bonds. The van der Waals surface area contributed by atoms with Gasteiger partial charge in [-0.25, -0.2) is 38.5 Å². The van der Waals surface area contributed by atoms with Crippen LogP contribution < -0.4 is 71.9 Å². The molecule has 3 aliphatic rings. The first-order valence-electron chi connectivity index (χ1n) is 35.6. The molecular weight excluding hydrogens is 1670 g/mol. The lowest BCUT2D eigenvalue weighted by Crippen LogP contribution is -2.46. The molecule has 1 aliphatic carbocycles. The molecule has 0 spiro atoms. The number of amides is 4. The zero-order valence-corrected chi connectivity index (χ0v) is 68.4. The number of aromatic nitrogens is 8. The van der Waals surface area contributed by atoms with Gasteiger partial charge in [0.15, 0.2) is 35.4 Å². The number of nitrogens with one attached hydrogen (secondary N) is 4. The largest absolute Gasteiger partial charge is 0.790 e. The van der Waals surface area contributed by atoms with Crippen LogP contribution in [-0.2, 0) is 114 Å². The van der Waals surface area contributed by atoms with Gasteiger partial charge >= 0.3 is 0 Å². The number of anilines is 2. The fraction of sp³-hybridized carbons (Fsp3) is 0.645. The lowest BCUT2D eigenvalue weighted by atomic mass is 9.80. The monoisotopic (exact) mass is 1760 g/mol. The van der Waals surface area contributed by atoms with Gasteiger partial charge in [0.1, 0.15) is 84.1 Å². The van der Waals surface area contributed by atoms with Crippen LogP contribution in [0, 0.1) is 21.7 Å². The van der Waals surface area contributed by atoms with Crippen LogP contribution >= 0.6 is 46.9 Å². The van der Waals surface area contributed by atoms with E-state index < -0.39 is 180 Å². The van der Waals surface area contributed by atoms with E-state index in [0.717, 1.165) is 59.4 Å². The first-order valence-corrected chi connectivity index (χ1v) is 44.4. The number of ketones is 2. The Kier molecular flexibility index (Phi) is 32.0. The van der Waals surface area contributed by atoms with E-state index in [-0.39, 0.29) is 97.4 Å². The molecule has 5 aromatic rings. The molecule has 12 N–H and O–H groups in total. The predicted octanol–water partition coefficient (Wildman–Crippen LogP) is -4.16. The fourth-order valence-electron chi connectivity index (χ4n) is 12.4. The number of Topliss-reactive ketones (excluding diaryl/α,β-unsaturated/α-hetero) is 2. The van der Waals surface area contributed by atoms with E-state index in [2.05, 4.69) is 86.9 Å². The number of carbonyl (C=O) groups excluding carboxylic acids is 6. The summed E-state index contributed by atoms with van der Waals surface area (Å²) in [6.45, 7) is 2.79. The molecule has 54 heteroatoms. The average molecular weight is 1760 g/mol. The smallest absolute Gasteiger partial charge is 0.274 e. The topological polar surface area (TPSA) is 750 Å². The van der Waals surface area contributed by atoms with Crippen LogP contribution in [0.2, 0.25) is 0 Å². The first-order chi connectivity index (χ1) is 53.8. The molecule has 6 heterocycles. The van der Waals surface area contributed by atoms with E-state index in [4.69, 9.17) is 20.9 Å². The summed E-state index contributed by atoms with van der Waals surface area (Å²) >= 11 is 0. The van der Waals surface area contributed by atoms with E-state index in [1.54, 1.807) is 13.8 Å². The number of aryl methyl sites for hydroxylation is 2. The van der Waals surface area contributed by atoms with Gasteiger partial charge in [0.2, 0.25) is 23.6 Å². The maximum atomic E-state index is 13.5. The minimum Gasteiger partial charge on any atom is -0.790 e. The summed E-state index contributed by atoms with van der Waals surface area (Å²) in [7, 11) is -35.7. The number of nitrogens with zero attached hydrogens (tertiary/aromatic N) is 8. The number of nitrogen functional groups attached to an aromatic ring is 2. The van der Waals surface area contributed by atoms with Gasteiger partial charge in [-0.3, -0.25) is 56.2 Å². The van der Waals surface area contributed by atoms with Crippen molar-refractivity contribution in [3.8, 4) is 0 Å². The highest BCUT2D eigenvalue weighted by atomic mass is 31.3. The molecule has 2 saturated heterocycles. The van der Waals surface area contributed by atoms with Crippen LogP contribution in [0.1, 0.15) is 129 Å². The third-order valence-electron chi connectivity index (χ3n) is 19.1. The van der Waals surface area contributed by atoms with Crippen LogP contribution in [0.15, 0.2) is 49.6 Å². The van der Waals surface area contributed by atoms with E-state index in [0.29, 0.717) is 51.4 Å². The Balaban J connectivity index is 0.662. The second-order valence-electron chi connectivity index (χ2n) is 29.5. The van der Waals surface area contributed by atoms with Crippen LogP contribution in [0.5, 0.6) is 0 Å². The highest BCUT2D eigenvalue weighted by Crippen LogP contribution is 2.58. The van der Waals surface area contributed by atoms with Crippen molar-refractivity contribution in [3.05, 3.63) is 60.7 Å². The van der Waals surface area contributed by atoms with Crippen LogP contribution in [0.4, 0.5) is 11.6 Å². The zero-order valence-electron chi connectivity index (χ0n) is 63.0. The molecule has 1 saturated carbocycles. The molecule has 14 atom stereocenters. The molecule has 4 aromatic heterocycles. The van der Waals surface area contributed by atoms with Crippen LogP contribution in [-0.4, -0.2) is 196 Å². The molecule has 2 aliphatic heterocycles. The molecule has 0 radical (unpaired) electrons. The number of fused-ring (bicyclic) bond motifs is 2. The summed E-state index contributed by atoms with van der Waals surface area (Å²) in [6.07, 6.45) is -11.0. The minimum absolute atomic E-state index is 0.00500. The molecule has 0 bridgehead atoms. The Morgan fingerprint density at radius 2 is 0.948 bits per heavy atom. The van der Waals surface area contributed by atoms with Crippen molar-refractivity contribution in [2.45, 2.75) is 180 Å². The van der Waals surface area contributed by atoms with Crippen molar-refractivity contribution in [2.24, 2.45) is 21.7 Å². The third-order valence-corrected chi connectivity index (χ3v) is 25.1. The van der Waals surface area contributed by atoms with Gasteiger partial charge in [-0.15, -0.1) is 0 Å². The van der Waals surface area contributed by atoms with Crippen molar-refractivity contribution in [3.63, 3.8) is 0 Å². The number of nitrogens with two attached hydrogens (primary N) is 2. The number of hydrogen-bond acceptors (Lipinski definition) is 42. The van der Waals surface area contributed by atoms with Gasteiger partial charge in [0.05, 0.1) is 54.7 Å². The van der Waals surface area contributed by atoms with Crippen molar-refractivity contribution < 1.29 is 161 Å². The molecule has 648 valence electrons. The first kappa shape index (κ1) is 95.1. The van der Waals surface area contributed by atoms with Crippen molar-refractivity contribution >= 4 is 116 Å². The molecule has 8 rings (SSSR count). The maximum Gasteiger partial charge on any atom is 0.274 e. The second-order valence-corrected chi connectivity index (χ2v) is 37.6. The fourth-order valence-corrected chi connectivity index (χ4v) is 17.9. The lowest BCUT2D eigenvalue weighted by Gasteiger charge is -2.36. The summed E-state index contributed by atoms with van der Waals surface area (Å²) in [5.74, 6) is -3.66. The quantitative estimate of drug-likeness (QED) is 0.0165. The van der Waals surface area contributed by atoms with E-state index >= 15 is 0 Å². The Bertz CT molecular complexity index is 4370.